The molecular weight excluding hydrogens is 266 g/mol. The third kappa shape index (κ3) is 3.09. The summed E-state index contributed by atoms with van der Waals surface area (Å²) in [7, 11) is 0. The molecule has 5 nitrogen and oxygen atoms in total. The van der Waals surface area contributed by atoms with Gasteiger partial charge in [-0.05, 0) is 29.9 Å². The lowest BCUT2D eigenvalue weighted by Crippen LogP contribution is -2.18. The number of benzene rings is 1. The van der Waals surface area contributed by atoms with E-state index in [-0.39, 0.29) is 5.75 Å². The van der Waals surface area contributed by atoms with E-state index in [1.54, 1.807) is 18.2 Å². The van der Waals surface area contributed by atoms with Crippen LogP contribution in [0, 0.1) is 0 Å². The van der Waals surface area contributed by atoms with E-state index >= 15 is 0 Å². The van der Waals surface area contributed by atoms with Gasteiger partial charge in [-0.3, -0.25) is 0 Å². The van der Waals surface area contributed by atoms with E-state index in [0.29, 0.717) is 29.1 Å². The Labute approximate surface area is 115 Å². The zero-order chi connectivity index (χ0) is 13.8. The molecule has 19 heavy (non-hydrogen) atoms. The minimum absolute atomic E-state index is 0.0244. The molecule has 0 aliphatic rings. The molecule has 2 atom stereocenters. The van der Waals surface area contributed by atoms with Crippen molar-refractivity contribution in [1.82, 2.24) is 5.16 Å². The molecule has 0 spiro atoms. The third-order valence-electron chi connectivity index (χ3n) is 2.85. The summed E-state index contributed by atoms with van der Waals surface area (Å²) in [6.45, 7) is 0. The van der Waals surface area contributed by atoms with Gasteiger partial charge in [0.2, 0.25) is 0 Å². The Morgan fingerprint density at radius 1 is 1.26 bits per heavy atom. The van der Waals surface area contributed by atoms with Gasteiger partial charge in [0.15, 0.2) is 5.76 Å². The molecule has 2 aromatic rings. The maximum atomic E-state index is 10.0. The van der Waals surface area contributed by atoms with E-state index in [1.165, 1.54) is 12.3 Å². The predicted molar refractivity (Wildman–Crippen MR) is 73.0 cm³/mol. The van der Waals surface area contributed by atoms with Crippen molar-refractivity contribution in [3.63, 3.8) is 0 Å². The molecule has 3 N–H and O–H groups in total. The fourth-order valence-electron chi connectivity index (χ4n) is 1.80. The molecule has 6 heteroatoms. The second-order valence-electron chi connectivity index (χ2n) is 4.18. The normalized spacial score (nSPS) is 14.3. The van der Waals surface area contributed by atoms with Crippen LogP contribution in [0.5, 0.6) is 5.75 Å². The van der Waals surface area contributed by atoms with Crippen molar-refractivity contribution in [2.24, 2.45) is 0 Å². The first-order chi connectivity index (χ1) is 9.13. The maximum Gasteiger partial charge on any atom is 0.170 e. The van der Waals surface area contributed by atoms with Crippen LogP contribution in [0.1, 0.15) is 18.1 Å². The average Bonchev–Trinajstić information content (AvgIpc) is 2.92. The highest BCUT2D eigenvalue weighted by molar-refractivity contribution is 7.80. The van der Waals surface area contributed by atoms with Gasteiger partial charge >= 0.3 is 0 Å². The van der Waals surface area contributed by atoms with Gasteiger partial charge < -0.3 is 19.8 Å². The second kappa shape index (κ2) is 6.10. The van der Waals surface area contributed by atoms with Crippen LogP contribution >= 0.6 is 12.6 Å². The fourth-order valence-corrected chi connectivity index (χ4v) is 2.07. The van der Waals surface area contributed by atoms with Crippen LogP contribution in [-0.4, -0.2) is 32.3 Å². The van der Waals surface area contributed by atoms with Crippen molar-refractivity contribution in [2.75, 3.05) is 5.75 Å². The molecule has 0 bridgehead atoms. The van der Waals surface area contributed by atoms with Gasteiger partial charge in [0.1, 0.15) is 11.9 Å². The van der Waals surface area contributed by atoms with Crippen LogP contribution in [0.15, 0.2) is 35.0 Å². The molecule has 2 rings (SSSR count). The summed E-state index contributed by atoms with van der Waals surface area (Å²) in [5, 5.41) is 33.1. The number of hydrogen-bond acceptors (Lipinski definition) is 6. The van der Waals surface area contributed by atoms with E-state index in [4.69, 9.17) is 4.52 Å². The molecular formula is C13H15NO4S. The molecule has 0 aliphatic carbocycles. The van der Waals surface area contributed by atoms with Gasteiger partial charge in [0, 0.05) is 6.07 Å². The number of hydrogen-bond donors (Lipinski definition) is 4. The van der Waals surface area contributed by atoms with Crippen LogP contribution in [0.3, 0.4) is 0 Å². The van der Waals surface area contributed by atoms with E-state index in [2.05, 4.69) is 17.8 Å². The highest BCUT2D eigenvalue weighted by atomic mass is 32.1. The van der Waals surface area contributed by atoms with Gasteiger partial charge in [-0.1, -0.05) is 11.2 Å². The van der Waals surface area contributed by atoms with Crippen LogP contribution in [0.25, 0.3) is 11.3 Å². The maximum absolute atomic E-state index is 10.0. The quantitative estimate of drug-likeness (QED) is 0.627. The first kappa shape index (κ1) is 13.9. The number of aromatic hydroxyl groups is 1. The minimum Gasteiger partial charge on any atom is -0.507 e. The number of aliphatic hydroxyl groups excluding tert-OH is 2. The smallest absolute Gasteiger partial charge is 0.170 e. The van der Waals surface area contributed by atoms with Crippen LogP contribution in [-0.2, 0) is 0 Å². The van der Waals surface area contributed by atoms with E-state index in [0.717, 1.165) is 0 Å². The van der Waals surface area contributed by atoms with Gasteiger partial charge in [0.25, 0.3) is 0 Å². The summed E-state index contributed by atoms with van der Waals surface area (Å²) < 4.78 is 4.98. The van der Waals surface area contributed by atoms with Gasteiger partial charge in [-0.2, -0.15) is 12.6 Å². The number of thiol groups is 1. The Morgan fingerprint density at radius 2 is 2.05 bits per heavy atom. The van der Waals surface area contributed by atoms with Gasteiger partial charge in [0.05, 0.1) is 17.9 Å². The lowest BCUT2D eigenvalue weighted by atomic mass is 9.99. The summed E-state index contributed by atoms with van der Waals surface area (Å²) in [5.41, 5.74) is 0.922. The molecule has 2 unspecified atom stereocenters. The zero-order valence-electron chi connectivity index (χ0n) is 10.1. The van der Waals surface area contributed by atoms with Gasteiger partial charge in [-0.15, -0.1) is 0 Å². The van der Waals surface area contributed by atoms with Crippen molar-refractivity contribution >= 4 is 12.6 Å². The van der Waals surface area contributed by atoms with Crippen molar-refractivity contribution in [2.45, 2.75) is 18.6 Å². The van der Waals surface area contributed by atoms with Crippen molar-refractivity contribution in [3.8, 4) is 17.1 Å². The third-order valence-corrected chi connectivity index (χ3v) is 3.11. The van der Waals surface area contributed by atoms with Crippen LogP contribution in [0.4, 0.5) is 0 Å². The van der Waals surface area contributed by atoms with E-state index in [1.807, 2.05) is 0 Å². The van der Waals surface area contributed by atoms with Gasteiger partial charge in [-0.25, -0.2) is 0 Å². The molecule has 1 aromatic heterocycles. The summed E-state index contributed by atoms with van der Waals surface area (Å²) in [4.78, 5) is 0. The van der Waals surface area contributed by atoms with Crippen LogP contribution < -0.4 is 0 Å². The summed E-state index contributed by atoms with van der Waals surface area (Å²) in [5.74, 6) is 0.900. The van der Waals surface area contributed by atoms with E-state index in [9.17, 15) is 15.3 Å². The standard InChI is InChI=1S/C13H15NO4S/c15-10-2-1-8(13(17)11(16)4-6-19)7-9(10)12-3-5-14-18-12/h1-3,5,7,11,13,15-17,19H,4,6H2. The van der Waals surface area contributed by atoms with Crippen molar-refractivity contribution in [3.05, 3.63) is 36.0 Å². The molecule has 1 heterocycles. The highest BCUT2D eigenvalue weighted by Gasteiger charge is 2.19. The zero-order valence-corrected chi connectivity index (χ0v) is 11.0. The van der Waals surface area contributed by atoms with Crippen LogP contribution in [0.2, 0.25) is 0 Å². The largest absolute Gasteiger partial charge is 0.507 e. The molecule has 0 amide bonds. The average molecular weight is 281 g/mol. The fraction of sp³-hybridized carbons (Fsp3) is 0.308. The monoisotopic (exact) mass is 281 g/mol. The van der Waals surface area contributed by atoms with E-state index < -0.39 is 12.2 Å². The molecule has 1 aromatic carbocycles. The summed E-state index contributed by atoms with van der Waals surface area (Å²) in [6, 6.07) is 6.18. The lowest BCUT2D eigenvalue weighted by molar-refractivity contribution is 0.0172. The molecule has 102 valence electrons. The Balaban J connectivity index is 2.31. The second-order valence-corrected chi connectivity index (χ2v) is 4.62. The highest BCUT2D eigenvalue weighted by Crippen LogP contribution is 2.32. The summed E-state index contributed by atoms with van der Waals surface area (Å²) >= 11 is 4.02. The topological polar surface area (TPSA) is 86.7 Å². The minimum atomic E-state index is -1.03. The molecule has 0 saturated heterocycles. The van der Waals surface area contributed by atoms with Crippen molar-refractivity contribution in [1.29, 1.82) is 0 Å². The molecule has 0 radical (unpaired) electrons. The first-order valence-electron chi connectivity index (χ1n) is 5.84. The number of phenols is 1. The molecule has 0 fully saturated rings. The number of aromatic nitrogens is 1. The Kier molecular flexibility index (Phi) is 4.47. The number of phenolic OH excluding ortho intramolecular Hbond substituents is 1. The first-order valence-corrected chi connectivity index (χ1v) is 6.47. The molecule has 0 aliphatic heterocycles. The number of nitrogens with zero attached hydrogens (tertiary/aromatic N) is 1. The Bertz CT molecular complexity index is 529. The Morgan fingerprint density at radius 3 is 2.68 bits per heavy atom. The Hall–Kier alpha value is -1.50. The SMILES string of the molecule is Oc1ccc(C(O)C(O)CCS)cc1-c1ccno1. The lowest BCUT2D eigenvalue weighted by Gasteiger charge is -2.18. The van der Waals surface area contributed by atoms with Crippen molar-refractivity contribution < 1.29 is 19.8 Å². The predicted octanol–water partition coefficient (Wildman–Crippen LogP) is 1.76. The summed E-state index contributed by atoms with van der Waals surface area (Å²) in [6.07, 6.45) is -0.0878. The molecule has 0 saturated carbocycles. The number of aliphatic hydroxyl groups is 2. The number of rotatable bonds is 5.